The van der Waals surface area contributed by atoms with Crippen LogP contribution in [0.5, 0.6) is 0 Å². The largest absolute Gasteiger partial charge is 0.378 e. The fourth-order valence-corrected chi connectivity index (χ4v) is 4.30. The first kappa shape index (κ1) is 16.9. The number of hydrogen-bond acceptors (Lipinski definition) is 5. The van der Waals surface area contributed by atoms with E-state index >= 15 is 0 Å². The summed E-state index contributed by atoms with van der Waals surface area (Å²) in [6.45, 7) is 5.59. The fourth-order valence-electron chi connectivity index (χ4n) is 3.49. The van der Waals surface area contributed by atoms with Gasteiger partial charge in [0.1, 0.15) is 5.82 Å². The molecule has 0 N–H and O–H groups in total. The molecule has 2 aromatic rings. The molecule has 25 heavy (non-hydrogen) atoms. The Morgan fingerprint density at radius 2 is 1.80 bits per heavy atom. The number of anilines is 1. The minimum atomic E-state index is 0.796. The van der Waals surface area contributed by atoms with Crippen molar-refractivity contribution in [3.05, 3.63) is 46.6 Å². The average Bonchev–Trinajstić information content (AvgIpc) is 2.67. The molecule has 0 amide bonds. The van der Waals surface area contributed by atoms with E-state index in [0.717, 1.165) is 50.1 Å². The van der Waals surface area contributed by atoms with Crippen molar-refractivity contribution in [2.45, 2.75) is 43.5 Å². The Balaban J connectivity index is 1.57. The van der Waals surface area contributed by atoms with E-state index in [-0.39, 0.29) is 0 Å². The summed E-state index contributed by atoms with van der Waals surface area (Å²) < 4.78 is 5.52. The molecule has 132 valence electrons. The van der Waals surface area contributed by atoms with Crippen molar-refractivity contribution in [2.75, 3.05) is 31.2 Å². The predicted molar refractivity (Wildman–Crippen MR) is 102 cm³/mol. The van der Waals surface area contributed by atoms with Gasteiger partial charge >= 0.3 is 0 Å². The van der Waals surface area contributed by atoms with Crippen LogP contribution >= 0.6 is 11.8 Å². The zero-order valence-corrected chi connectivity index (χ0v) is 15.6. The molecule has 0 radical (unpaired) electrons. The SMILES string of the molecule is Cc1ccc(CSc2nc3c(c(N4CCOCC4)n2)CCCC3)cc1. The highest BCUT2D eigenvalue weighted by Crippen LogP contribution is 2.31. The van der Waals surface area contributed by atoms with E-state index in [9.17, 15) is 0 Å². The van der Waals surface area contributed by atoms with Gasteiger partial charge in [-0.1, -0.05) is 41.6 Å². The van der Waals surface area contributed by atoms with Crippen LogP contribution in [0.2, 0.25) is 0 Å². The summed E-state index contributed by atoms with van der Waals surface area (Å²) in [4.78, 5) is 12.3. The molecule has 2 heterocycles. The number of fused-ring (bicyclic) bond motifs is 1. The van der Waals surface area contributed by atoms with Crippen LogP contribution < -0.4 is 4.90 Å². The van der Waals surface area contributed by atoms with Gasteiger partial charge in [-0.25, -0.2) is 9.97 Å². The average molecular weight is 356 g/mol. The zero-order valence-electron chi connectivity index (χ0n) is 14.8. The Morgan fingerprint density at radius 1 is 1.04 bits per heavy atom. The van der Waals surface area contributed by atoms with Crippen molar-refractivity contribution in [1.82, 2.24) is 9.97 Å². The van der Waals surface area contributed by atoms with E-state index < -0.39 is 0 Å². The van der Waals surface area contributed by atoms with Crippen LogP contribution in [0.15, 0.2) is 29.4 Å². The highest BCUT2D eigenvalue weighted by molar-refractivity contribution is 7.98. The monoisotopic (exact) mass is 355 g/mol. The molecular weight excluding hydrogens is 330 g/mol. The number of rotatable bonds is 4. The second-order valence-corrected chi connectivity index (χ2v) is 7.78. The van der Waals surface area contributed by atoms with E-state index in [1.54, 1.807) is 11.8 Å². The number of ether oxygens (including phenoxy) is 1. The zero-order chi connectivity index (χ0) is 17.1. The van der Waals surface area contributed by atoms with E-state index in [1.165, 1.54) is 41.0 Å². The maximum Gasteiger partial charge on any atom is 0.190 e. The Labute approximate surface area is 154 Å². The van der Waals surface area contributed by atoms with E-state index in [2.05, 4.69) is 36.1 Å². The molecule has 1 aliphatic carbocycles. The van der Waals surface area contributed by atoms with Gasteiger partial charge in [-0.15, -0.1) is 0 Å². The number of aryl methyl sites for hydroxylation is 2. The Kier molecular flexibility index (Phi) is 5.22. The van der Waals surface area contributed by atoms with Gasteiger partial charge in [0, 0.05) is 24.4 Å². The van der Waals surface area contributed by atoms with Crippen molar-refractivity contribution < 1.29 is 4.74 Å². The molecule has 1 aromatic carbocycles. The first-order valence-corrected chi connectivity index (χ1v) is 10.2. The molecular formula is C20H25N3OS. The van der Waals surface area contributed by atoms with Gasteiger partial charge < -0.3 is 9.64 Å². The Bertz CT molecular complexity index is 726. The molecule has 1 saturated heterocycles. The molecule has 0 atom stereocenters. The Hall–Kier alpha value is -1.59. The van der Waals surface area contributed by atoms with Crippen molar-refractivity contribution in [3.8, 4) is 0 Å². The predicted octanol–water partition coefficient (Wildman–Crippen LogP) is 3.79. The maximum absolute atomic E-state index is 5.52. The first-order valence-electron chi connectivity index (χ1n) is 9.20. The summed E-state index contributed by atoms with van der Waals surface area (Å²) in [5.41, 5.74) is 5.28. The summed E-state index contributed by atoms with van der Waals surface area (Å²) in [7, 11) is 0. The molecule has 5 heteroatoms. The molecule has 2 aliphatic rings. The smallest absolute Gasteiger partial charge is 0.190 e. The van der Waals surface area contributed by atoms with Crippen LogP contribution in [0.25, 0.3) is 0 Å². The number of aromatic nitrogens is 2. The lowest BCUT2D eigenvalue weighted by Crippen LogP contribution is -2.38. The normalized spacial score (nSPS) is 17.4. The van der Waals surface area contributed by atoms with E-state index in [0.29, 0.717) is 0 Å². The Morgan fingerprint density at radius 3 is 2.60 bits per heavy atom. The molecule has 0 bridgehead atoms. The number of thioether (sulfide) groups is 1. The van der Waals surface area contributed by atoms with Gasteiger partial charge in [0.25, 0.3) is 0 Å². The molecule has 0 spiro atoms. The van der Waals surface area contributed by atoms with Crippen molar-refractivity contribution in [3.63, 3.8) is 0 Å². The number of nitrogens with zero attached hydrogens (tertiary/aromatic N) is 3. The van der Waals surface area contributed by atoms with Gasteiger partial charge in [0.05, 0.1) is 18.9 Å². The van der Waals surface area contributed by atoms with Gasteiger partial charge in [-0.2, -0.15) is 0 Å². The second kappa shape index (κ2) is 7.75. The third kappa shape index (κ3) is 3.98. The van der Waals surface area contributed by atoms with Crippen LogP contribution in [-0.4, -0.2) is 36.3 Å². The van der Waals surface area contributed by atoms with Gasteiger partial charge in [-0.3, -0.25) is 0 Å². The summed E-state index contributed by atoms with van der Waals surface area (Å²) in [6, 6.07) is 8.73. The van der Waals surface area contributed by atoms with Crippen LogP contribution in [-0.2, 0) is 23.3 Å². The highest BCUT2D eigenvalue weighted by Gasteiger charge is 2.23. The summed E-state index contributed by atoms with van der Waals surface area (Å²) in [5.74, 6) is 2.08. The maximum atomic E-state index is 5.52. The molecule has 4 nitrogen and oxygen atoms in total. The minimum Gasteiger partial charge on any atom is -0.378 e. The van der Waals surface area contributed by atoms with Crippen LogP contribution in [0.3, 0.4) is 0 Å². The fraction of sp³-hybridized carbons (Fsp3) is 0.500. The summed E-state index contributed by atoms with van der Waals surface area (Å²) >= 11 is 1.75. The van der Waals surface area contributed by atoms with Crippen LogP contribution in [0, 0.1) is 6.92 Å². The third-order valence-electron chi connectivity index (χ3n) is 4.94. The summed E-state index contributed by atoms with van der Waals surface area (Å²) in [5, 5.41) is 0.919. The van der Waals surface area contributed by atoms with E-state index in [1.807, 2.05) is 0 Å². The molecule has 4 rings (SSSR count). The minimum absolute atomic E-state index is 0.796. The molecule has 1 aliphatic heterocycles. The highest BCUT2D eigenvalue weighted by atomic mass is 32.2. The lowest BCUT2D eigenvalue weighted by Gasteiger charge is -2.31. The number of benzene rings is 1. The quantitative estimate of drug-likeness (QED) is 0.616. The standard InChI is InChI=1S/C20H25N3OS/c1-15-6-8-16(9-7-15)14-25-20-21-18-5-3-2-4-17(18)19(22-20)23-10-12-24-13-11-23/h6-9H,2-5,10-14H2,1H3. The number of morpholine rings is 1. The van der Waals surface area contributed by atoms with Crippen molar-refractivity contribution in [1.29, 1.82) is 0 Å². The molecule has 1 aromatic heterocycles. The topological polar surface area (TPSA) is 38.2 Å². The lowest BCUT2D eigenvalue weighted by molar-refractivity contribution is 0.122. The van der Waals surface area contributed by atoms with Gasteiger partial charge in [-0.05, 0) is 38.2 Å². The summed E-state index contributed by atoms with van der Waals surface area (Å²) in [6.07, 6.45) is 4.70. The lowest BCUT2D eigenvalue weighted by atomic mass is 9.96. The second-order valence-electron chi connectivity index (χ2n) is 6.84. The molecule has 1 fully saturated rings. The first-order chi connectivity index (χ1) is 12.3. The van der Waals surface area contributed by atoms with Gasteiger partial charge in [0.2, 0.25) is 0 Å². The van der Waals surface area contributed by atoms with Crippen molar-refractivity contribution >= 4 is 17.6 Å². The van der Waals surface area contributed by atoms with Crippen molar-refractivity contribution in [2.24, 2.45) is 0 Å². The third-order valence-corrected chi connectivity index (χ3v) is 5.86. The van der Waals surface area contributed by atoms with Crippen LogP contribution in [0.1, 0.15) is 35.2 Å². The van der Waals surface area contributed by atoms with E-state index in [4.69, 9.17) is 14.7 Å². The molecule has 0 unspecified atom stereocenters. The van der Waals surface area contributed by atoms with Gasteiger partial charge in [0.15, 0.2) is 5.16 Å². The van der Waals surface area contributed by atoms with Crippen LogP contribution in [0.4, 0.5) is 5.82 Å². The number of hydrogen-bond donors (Lipinski definition) is 0. The molecule has 0 saturated carbocycles.